The first-order valence-electron chi connectivity index (χ1n) is 9.78. The third-order valence-corrected chi connectivity index (χ3v) is 6.13. The number of nitrogens with zero attached hydrogens (tertiary/aromatic N) is 5. The quantitative estimate of drug-likeness (QED) is 0.643. The molecule has 3 heterocycles. The summed E-state index contributed by atoms with van der Waals surface area (Å²) in [6, 6.07) is 7.64. The summed E-state index contributed by atoms with van der Waals surface area (Å²) in [5.41, 5.74) is 0.616. The van der Waals surface area contributed by atoms with Crippen molar-refractivity contribution in [3.63, 3.8) is 0 Å². The maximum Gasteiger partial charge on any atom is 0.251 e. The molecule has 0 N–H and O–H groups in total. The molecule has 5 rings (SSSR count). The zero-order valence-corrected chi connectivity index (χ0v) is 16.1. The summed E-state index contributed by atoms with van der Waals surface area (Å²) < 4.78 is 17.3. The number of fused-ring (bicyclic) bond motifs is 1. The van der Waals surface area contributed by atoms with E-state index < -0.39 is 0 Å². The summed E-state index contributed by atoms with van der Waals surface area (Å²) in [6.07, 6.45) is 4.09. The highest BCUT2D eigenvalue weighted by atomic mass is 16.5. The van der Waals surface area contributed by atoms with Gasteiger partial charge in [-0.15, -0.1) is 20.4 Å². The molecule has 1 saturated carbocycles. The molecular formula is C20H23N5O3. The summed E-state index contributed by atoms with van der Waals surface area (Å²) in [6.45, 7) is 3.56. The molecule has 1 aliphatic heterocycles. The van der Waals surface area contributed by atoms with Crippen LogP contribution in [-0.4, -0.2) is 38.9 Å². The van der Waals surface area contributed by atoms with E-state index >= 15 is 0 Å². The Hall–Kier alpha value is -2.74. The predicted molar refractivity (Wildman–Crippen MR) is 99.4 cm³/mol. The Labute approximate surface area is 162 Å². The van der Waals surface area contributed by atoms with Crippen LogP contribution in [0.4, 0.5) is 0 Å². The van der Waals surface area contributed by atoms with Crippen molar-refractivity contribution in [2.24, 2.45) is 5.92 Å². The highest BCUT2D eigenvalue weighted by molar-refractivity contribution is 5.62. The van der Waals surface area contributed by atoms with E-state index in [1.165, 1.54) is 6.42 Å². The zero-order chi connectivity index (χ0) is 19.1. The summed E-state index contributed by atoms with van der Waals surface area (Å²) >= 11 is 0. The predicted octanol–water partition coefficient (Wildman–Crippen LogP) is 3.20. The number of hydrogen-bond acceptors (Lipinski definition) is 8. The van der Waals surface area contributed by atoms with Crippen LogP contribution in [0.15, 0.2) is 33.1 Å². The molecule has 0 spiro atoms. The van der Waals surface area contributed by atoms with Gasteiger partial charge in [-0.25, -0.2) is 0 Å². The summed E-state index contributed by atoms with van der Waals surface area (Å²) in [7, 11) is 1.63. The molecule has 3 aromatic rings. The highest BCUT2D eigenvalue weighted by Crippen LogP contribution is 2.56. The second kappa shape index (κ2) is 6.70. The van der Waals surface area contributed by atoms with Gasteiger partial charge in [0.1, 0.15) is 11.3 Å². The molecule has 0 bridgehead atoms. The van der Waals surface area contributed by atoms with Gasteiger partial charge in [0.2, 0.25) is 17.7 Å². The van der Waals surface area contributed by atoms with Crippen LogP contribution in [0.1, 0.15) is 43.9 Å². The molecule has 146 valence electrons. The molecule has 1 saturated heterocycles. The van der Waals surface area contributed by atoms with Gasteiger partial charge in [-0.05, 0) is 37.3 Å². The Morgan fingerprint density at radius 3 is 2.71 bits per heavy atom. The highest BCUT2D eigenvalue weighted by Gasteiger charge is 2.59. The van der Waals surface area contributed by atoms with E-state index in [0.717, 1.165) is 37.3 Å². The van der Waals surface area contributed by atoms with Crippen LogP contribution >= 0.6 is 0 Å². The lowest BCUT2D eigenvalue weighted by molar-refractivity contribution is -0.0202. The third-order valence-electron chi connectivity index (χ3n) is 6.13. The number of hydrogen-bond donors (Lipinski definition) is 0. The average Bonchev–Trinajstić information content (AvgIpc) is 3.41. The average molecular weight is 381 g/mol. The molecule has 0 radical (unpaired) electrons. The molecule has 2 aliphatic rings. The van der Waals surface area contributed by atoms with Gasteiger partial charge >= 0.3 is 0 Å². The lowest BCUT2D eigenvalue weighted by atomic mass is 9.67. The van der Waals surface area contributed by atoms with Gasteiger partial charge in [-0.2, -0.15) is 0 Å². The number of likely N-dealkylation sites (tertiary alicyclic amines) is 1. The molecular weight excluding hydrogens is 358 g/mol. The molecule has 2 atom stereocenters. The molecule has 2 aromatic heterocycles. The van der Waals surface area contributed by atoms with E-state index in [0.29, 0.717) is 35.9 Å². The van der Waals surface area contributed by atoms with Crippen molar-refractivity contribution in [3.05, 3.63) is 41.9 Å². The van der Waals surface area contributed by atoms with Crippen LogP contribution in [0.3, 0.4) is 0 Å². The number of rotatable bonds is 6. The summed E-state index contributed by atoms with van der Waals surface area (Å²) in [5, 5.41) is 17.1. The van der Waals surface area contributed by atoms with Gasteiger partial charge in [0.05, 0.1) is 19.2 Å². The first kappa shape index (κ1) is 17.4. The molecule has 1 aromatic carbocycles. The second-order valence-electron chi connectivity index (χ2n) is 7.43. The minimum Gasteiger partial charge on any atom is -0.496 e. The lowest BCUT2D eigenvalue weighted by Crippen LogP contribution is -2.51. The normalized spacial score (nSPS) is 24.1. The molecule has 2 fully saturated rings. The van der Waals surface area contributed by atoms with E-state index in [1.54, 1.807) is 7.11 Å². The van der Waals surface area contributed by atoms with Crippen molar-refractivity contribution >= 4 is 0 Å². The largest absolute Gasteiger partial charge is 0.496 e. The monoisotopic (exact) mass is 381 g/mol. The Bertz CT molecular complexity index is 984. The maximum atomic E-state index is 5.98. The first-order valence-corrected chi connectivity index (χ1v) is 9.78. The van der Waals surface area contributed by atoms with Crippen LogP contribution in [0.25, 0.3) is 11.5 Å². The van der Waals surface area contributed by atoms with E-state index in [4.69, 9.17) is 13.6 Å². The number of benzene rings is 1. The molecule has 8 heteroatoms. The Balaban J connectivity index is 1.41. The van der Waals surface area contributed by atoms with Gasteiger partial charge in [-0.1, -0.05) is 19.1 Å². The van der Waals surface area contributed by atoms with E-state index in [2.05, 4.69) is 25.3 Å². The van der Waals surface area contributed by atoms with Gasteiger partial charge in [0, 0.05) is 13.0 Å². The Morgan fingerprint density at radius 1 is 1.11 bits per heavy atom. The van der Waals surface area contributed by atoms with Crippen molar-refractivity contribution in [2.75, 3.05) is 13.7 Å². The zero-order valence-electron chi connectivity index (χ0n) is 16.1. The molecule has 28 heavy (non-hydrogen) atoms. The topological polar surface area (TPSA) is 90.3 Å². The fourth-order valence-corrected chi connectivity index (χ4v) is 4.55. The van der Waals surface area contributed by atoms with Gasteiger partial charge in [-0.3, -0.25) is 4.90 Å². The fraction of sp³-hybridized carbons (Fsp3) is 0.500. The van der Waals surface area contributed by atoms with Crippen molar-refractivity contribution < 1.29 is 13.6 Å². The smallest absolute Gasteiger partial charge is 0.251 e. The molecule has 1 aliphatic carbocycles. The van der Waals surface area contributed by atoms with Crippen molar-refractivity contribution in [1.82, 2.24) is 25.3 Å². The van der Waals surface area contributed by atoms with Crippen molar-refractivity contribution in [3.8, 4) is 17.2 Å². The van der Waals surface area contributed by atoms with Crippen LogP contribution in [-0.2, 0) is 18.5 Å². The van der Waals surface area contributed by atoms with Crippen molar-refractivity contribution in [1.29, 1.82) is 0 Å². The minimum absolute atomic E-state index is 0.181. The van der Waals surface area contributed by atoms with Crippen LogP contribution in [0.5, 0.6) is 5.75 Å². The van der Waals surface area contributed by atoms with E-state index in [-0.39, 0.29) is 5.54 Å². The number of para-hydroxylation sites is 1. The summed E-state index contributed by atoms with van der Waals surface area (Å²) in [5.74, 6) is 3.75. The lowest BCUT2D eigenvalue weighted by Gasteiger charge is -2.46. The SMILES string of the molecule is CCc1nnc([C@]23CC[C@H]2CCN3Cc2nnc(-c3ccccc3OC)o2)o1. The van der Waals surface area contributed by atoms with Gasteiger partial charge in [0.15, 0.2) is 0 Å². The first-order chi connectivity index (χ1) is 13.7. The Kier molecular flexibility index (Phi) is 4.16. The van der Waals surface area contributed by atoms with Crippen LogP contribution in [0.2, 0.25) is 0 Å². The maximum absolute atomic E-state index is 5.98. The second-order valence-corrected chi connectivity index (χ2v) is 7.43. The van der Waals surface area contributed by atoms with Crippen LogP contribution < -0.4 is 4.74 Å². The summed E-state index contributed by atoms with van der Waals surface area (Å²) in [4.78, 5) is 2.37. The number of methoxy groups -OCH3 is 1. The van der Waals surface area contributed by atoms with Crippen LogP contribution in [0, 0.1) is 5.92 Å². The Morgan fingerprint density at radius 2 is 1.96 bits per heavy atom. The van der Waals surface area contributed by atoms with E-state index in [1.807, 2.05) is 31.2 Å². The third kappa shape index (κ3) is 2.55. The minimum atomic E-state index is -0.181. The van der Waals surface area contributed by atoms with Gasteiger partial charge in [0.25, 0.3) is 5.89 Å². The van der Waals surface area contributed by atoms with E-state index in [9.17, 15) is 0 Å². The van der Waals surface area contributed by atoms with Crippen molar-refractivity contribution in [2.45, 2.75) is 44.7 Å². The fourth-order valence-electron chi connectivity index (χ4n) is 4.55. The standard InChI is InChI=1S/C20H23N5O3/c1-3-16-21-24-19(28-16)20-10-8-13(20)9-11-25(20)12-17-22-23-18(27-17)14-6-4-5-7-15(14)26-2/h4-7,13H,3,8-12H2,1-2H3/t13-,20-/m0/s1. The number of aryl methyl sites for hydroxylation is 1. The number of aromatic nitrogens is 4. The molecule has 0 amide bonds. The number of ether oxygens (including phenoxy) is 1. The van der Waals surface area contributed by atoms with Gasteiger partial charge < -0.3 is 13.6 Å². The molecule has 0 unspecified atom stereocenters. The molecule has 8 nitrogen and oxygen atoms in total.